The summed E-state index contributed by atoms with van der Waals surface area (Å²) in [6.07, 6.45) is 4.35. The van der Waals surface area contributed by atoms with Gasteiger partial charge in [0.2, 0.25) is 11.7 Å². The van der Waals surface area contributed by atoms with Gasteiger partial charge in [-0.15, -0.1) is 0 Å². The predicted molar refractivity (Wildman–Crippen MR) is 122 cm³/mol. The summed E-state index contributed by atoms with van der Waals surface area (Å²) in [7, 11) is 0. The number of Topliss-reactive ketones (excluding diaryl/α,β-unsaturated/α-hetero) is 1. The SMILES string of the molecule is CC(N)=C1C(=O)c2c(Cl)cccc2N(C2CCCC(CNC(=O)c3ccc(F)nc3)C2)C1=O. The molecule has 7 nitrogen and oxygen atoms in total. The molecule has 2 heterocycles. The Morgan fingerprint density at radius 2 is 2.06 bits per heavy atom. The number of amides is 2. The Morgan fingerprint density at radius 1 is 1.27 bits per heavy atom. The lowest BCUT2D eigenvalue weighted by atomic mass is 9.82. The van der Waals surface area contributed by atoms with Gasteiger partial charge in [0.15, 0.2) is 0 Å². The molecular weight excluding hydrogens is 447 g/mol. The van der Waals surface area contributed by atoms with Crippen LogP contribution in [-0.2, 0) is 4.79 Å². The van der Waals surface area contributed by atoms with Crippen LogP contribution in [0, 0.1) is 11.9 Å². The minimum Gasteiger partial charge on any atom is -0.402 e. The number of aromatic nitrogens is 1. The summed E-state index contributed by atoms with van der Waals surface area (Å²) in [6, 6.07) is 7.43. The normalized spacial score (nSPS) is 22.1. The van der Waals surface area contributed by atoms with Crippen LogP contribution >= 0.6 is 11.6 Å². The zero-order valence-electron chi connectivity index (χ0n) is 18.1. The first-order chi connectivity index (χ1) is 15.8. The van der Waals surface area contributed by atoms with Crippen molar-refractivity contribution in [1.29, 1.82) is 0 Å². The third-order valence-corrected chi connectivity index (χ3v) is 6.51. The minimum atomic E-state index is -0.645. The smallest absolute Gasteiger partial charge is 0.264 e. The number of nitrogens with two attached hydrogens (primary N) is 1. The molecule has 2 aromatic rings. The van der Waals surface area contributed by atoms with Crippen LogP contribution < -0.4 is 16.0 Å². The van der Waals surface area contributed by atoms with Crippen LogP contribution in [0.5, 0.6) is 0 Å². The van der Waals surface area contributed by atoms with Crippen LogP contribution in [-0.4, -0.2) is 35.2 Å². The lowest BCUT2D eigenvalue weighted by Gasteiger charge is -2.40. The molecule has 1 saturated carbocycles. The molecule has 2 amide bonds. The number of carbonyl (C=O) groups excluding carboxylic acids is 3. The molecule has 1 aromatic carbocycles. The van der Waals surface area contributed by atoms with E-state index in [1.807, 2.05) is 0 Å². The molecule has 0 spiro atoms. The minimum absolute atomic E-state index is 0.0464. The van der Waals surface area contributed by atoms with E-state index < -0.39 is 17.6 Å². The number of ketones is 1. The topological polar surface area (TPSA) is 105 Å². The number of rotatable bonds is 4. The Bertz CT molecular complexity index is 1140. The van der Waals surface area contributed by atoms with Gasteiger partial charge in [0, 0.05) is 24.5 Å². The van der Waals surface area contributed by atoms with E-state index in [1.54, 1.807) is 23.1 Å². The van der Waals surface area contributed by atoms with Crippen LogP contribution in [0.15, 0.2) is 47.8 Å². The van der Waals surface area contributed by atoms with E-state index in [1.165, 1.54) is 19.2 Å². The van der Waals surface area contributed by atoms with Crippen molar-refractivity contribution in [2.24, 2.45) is 11.7 Å². The lowest BCUT2D eigenvalue weighted by Crippen LogP contribution is -2.49. The summed E-state index contributed by atoms with van der Waals surface area (Å²) in [5, 5.41) is 3.15. The number of allylic oxidation sites excluding steroid dienone is 1. The van der Waals surface area contributed by atoms with Crippen molar-refractivity contribution in [1.82, 2.24) is 10.3 Å². The highest BCUT2D eigenvalue weighted by Gasteiger charge is 2.41. The highest BCUT2D eigenvalue weighted by atomic mass is 35.5. The molecule has 2 atom stereocenters. The van der Waals surface area contributed by atoms with Crippen molar-refractivity contribution in [3.8, 4) is 0 Å². The van der Waals surface area contributed by atoms with Crippen molar-refractivity contribution in [3.05, 3.63) is 69.9 Å². The number of halogens is 2. The molecule has 4 rings (SSSR count). The summed E-state index contributed by atoms with van der Waals surface area (Å²) < 4.78 is 13.0. The molecule has 2 aliphatic rings. The molecule has 1 aliphatic heterocycles. The first-order valence-corrected chi connectivity index (χ1v) is 11.2. The standard InChI is InChI=1S/C24H24ClFN4O3/c1-13(27)20-22(31)21-17(25)6-3-7-18(21)30(24(20)33)16-5-2-4-14(10-16)11-29-23(32)15-8-9-19(26)28-12-15/h3,6-9,12,14,16H,2,4-5,10-11,27H2,1H3,(H,29,32). The highest BCUT2D eigenvalue weighted by molar-refractivity contribution is 6.42. The molecule has 0 bridgehead atoms. The Kier molecular flexibility index (Phi) is 6.47. The van der Waals surface area contributed by atoms with E-state index in [0.29, 0.717) is 18.7 Å². The van der Waals surface area contributed by atoms with Gasteiger partial charge < -0.3 is 16.0 Å². The number of benzene rings is 1. The number of carbonyl (C=O) groups is 3. The van der Waals surface area contributed by atoms with Gasteiger partial charge in [0.05, 0.1) is 21.8 Å². The van der Waals surface area contributed by atoms with Crippen LogP contribution in [0.2, 0.25) is 5.02 Å². The number of anilines is 1. The molecule has 1 fully saturated rings. The van der Waals surface area contributed by atoms with Crippen LogP contribution in [0.1, 0.15) is 53.3 Å². The van der Waals surface area contributed by atoms with E-state index in [4.69, 9.17) is 17.3 Å². The van der Waals surface area contributed by atoms with Crippen molar-refractivity contribution >= 4 is 34.9 Å². The summed E-state index contributed by atoms with van der Waals surface area (Å²) in [5.74, 6) is -1.72. The van der Waals surface area contributed by atoms with E-state index in [9.17, 15) is 18.8 Å². The maximum Gasteiger partial charge on any atom is 0.264 e. The van der Waals surface area contributed by atoms with Crippen molar-refractivity contribution in [2.75, 3.05) is 11.4 Å². The monoisotopic (exact) mass is 470 g/mol. The second kappa shape index (κ2) is 9.31. The molecule has 1 aromatic heterocycles. The Balaban J connectivity index is 1.54. The average molecular weight is 471 g/mol. The lowest BCUT2D eigenvalue weighted by molar-refractivity contribution is -0.115. The van der Waals surface area contributed by atoms with Crippen LogP contribution in [0.25, 0.3) is 0 Å². The fourth-order valence-electron chi connectivity index (χ4n) is 4.63. The molecule has 0 saturated heterocycles. The Morgan fingerprint density at radius 3 is 2.76 bits per heavy atom. The van der Waals surface area contributed by atoms with Gasteiger partial charge in [0.25, 0.3) is 11.8 Å². The molecule has 3 N–H and O–H groups in total. The van der Waals surface area contributed by atoms with Crippen LogP contribution in [0.4, 0.5) is 10.1 Å². The second-order valence-electron chi connectivity index (χ2n) is 8.46. The van der Waals surface area contributed by atoms with Crippen molar-refractivity contribution in [2.45, 2.75) is 38.6 Å². The number of fused-ring (bicyclic) bond motifs is 1. The molecule has 33 heavy (non-hydrogen) atoms. The molecule has 1 aliphatic carbocycles. The van der Waals surface area contributed by atoms with Gasteiger partial charge in [-0.25, -0.2) is 4.98 Å². The van der Waals surface area contributed by atoms with E-state index in [-0.39, 0.29) is 45.3 Å². The zero-order chi connectivity index (χ0) is 23.7. The first-order valence-electron chi connectivity index (χ1n) is 10.8. The summed E-state index contributed by atoms with van der Waals surface area (Å²) in [4.78, 5) is 43.9. The van der Waals surface area contributed by atoms with Gasteiger partial charge >= 0.3 is 0 Å². The maximum absolute atomic E-state index is 13.4. The number of nitrogens with one attached hydrogen (secondary N) is 1. The van der Waals surface area contributed by atoms with E-state index >= 15 is 0 Å². The van der Waals surface area contributed by atoms with Gasteiger partial charge in [-0.1, -0.05) is 24.1 Å². The van der Waals surface area contributed by atoms with Crippen LogP contribution in [0.3, 0.4) is 0 Å². The average Bonchev–Trinajstić information content (AvgIpc) is 2.78. The maximum atomic E-state index is 13.4. The molecule has 9 heteroatoms. The Labute approximate surface area is 195 Å². The summed E-state index contributed by atoms with van der Waals surface area (Å²) in [5.41, 5.74) is 7.09. The van der Waals surface area contributed by atoms with E-state index in [0.717, 1.165) is 25.3 Å². The summed E-state index contributed by atoms with van der Waals surface area (Å²) in [6.45, 7) is 1.95. The fraction of sp³-hybridized carbons (Fsp3) is 0.333. The van der Waals surface area contributed by atoms with Gasteiger partial charge in [-0.05, 0) is 56.4 Å². The highest BCUT2D eigenvalue weighted by Crippen LogP contribution is 2.40. The number of pyridine rings is 1. The first kappa shape index (κ1) is 22.9. The second-order valence-corrected chi connectivity index (χ2v) is 8.87. The summed E-state index contributed by atoms with van der Waals surface area (Å²) >= 11 is 6.34. The fourth-order valence-corrected chi connectivity index (χ4v) is 4.89. The molecular formula is C24H24ClFN4O3. The number of hydrogen-bond donors (Lipinski definition) is 2. The van der Waals surface area contributed by atoms with Crippen molar-refractivity contribution in [3.63, 3.8) is 0 Å². The van der Waals surface area contributed by atoms with E-state index in [2.05, 4.69) is 10.3 Å². The molecule has 0 radical (unpaired) electrons. The zero-order valence-corrected chi connectivity index (χ0v) is 18.9. The third-order valence-electron chi connectivity index (χ3n) is 6.19. The van der Waals surface area contributed by atoms with Gasteiger partial charge in [0.1, 0.15) is 5.57 Å². The van der Waals surface area contributed by atoms with Gasteiger partial charge in [-0.2, -0.15) is 4.39 Å². The van der Waals surface area contributed by atoms with Crippen molar-refractivity contribution < 1.29 is 18.8 Å². The third kappa shape index (κ3) is 4.48. The predicted octanol–water partition coefficient (Wildman–Crippen LogP) is 3.62. The number of nitrogens with zero attached hydrogens (tertiary/aromatic N) is 2. The molecule has 2 unspecified atom stereocenters. The largest absolute Gasteiger partial charge is 0.402 e. The number of hydrogen-bond acceptors (Lipinski definition) is 5. The Hall–Kier alpha value is -3.26. The van der Waals surface area contributed by atoms with Gasteiger partial charge in [-0.3, -0.25) is 14.4 Å². The quantitative estimate of drug-likeness (QED) is 0.403. The molecule has 172 valence electrons.